The molecule has 0 spiro atoms. The largest absolute Gasteiger partial charge is 0.463 e. The van der Waals surface area contributed by atoms with Gasteiger partial charge in [-0.25, -0.2) is 9.97 Å². The van der Waals surface area contributed by atoms with Gasteiger partial charge in [0, 0.05) is 18.9 Å². The monoisotopic (exact) mass is 306 g/mol. The zero-order valence-corrected chi connectivity index (χ0v) is 12.3. The smallest absolute Gasteiger partial charge is 0.222 e. The highest BCUT2D eigenvalue weighted by Crippen LogP contribution is 2.26. The van der Waals surface area contributed by atoms with E-state index >= 15 is 0 Å². The highest BCUT2D eigenvalue weighted by atomic mass is 16.3. The van der Waals surface area contributed by atoms with Crippen molar-refractivity contribution in [3.8, 4) is 11.5 Å². The summed E-state index contributed by atoms with van der Waals surface area (Å²) in [5, 5.41) is 0. The lowest BCUT2D eigenvalue weighted by molar-refractivity contribution is 0.580. The number of nitrogens with two attached hydrogens (primary N) is 1. The van der Waals surface area contributed by atoms with Gasteiger partial charge in [0.05, 0.1) is 12.6 Å². The molecule has 0 radical (unpaired) electrons. The van der Waals surface area contributed by atoms with Crippen molar-refractivity contribution in [3.63, 3.8) is 0 Å². The van der Waals surface area contributed by atoms with Crippen LogP contribution in [-0.4, -0.2) is 24.5 Å². The number of pyridine rings is 1. The van der Waals surface area contributed by atoms with Crippen molar-refractivity contribution < 1.29 is 4.42 Å². The van der Waals surface area contributed by atoms with Crippen LogP contribution in [0.15, 0.2) is 53.7 Å². The van der Waals surface area contributed by atoms with E-state index in [2.05, 4.69) is 19.9 Å². The number of imidazole rings is 1. The van der Waals surface area contributed by atoms with Gasteiger partial charge in [-0.15, -0.1) is 0 Å². The number of aromatic nitrogens is 5. The maximum absolute atomic E-state index is 5.85. The second-order valence-corrected chi connectivity index (χ2v) is 5.12. The number of nitrogen functional groups attached to an aromatic ring is 1. The van der Waals surface area contributed by atoms with Crippen LogP contribution in [-0.2, 0) is 13.0 Å². The third-order valence-corrected chi connectivity index (χ3v) is 3.63. The molecule has 0 aliphatic rings. The molecule has 114 valence electrons. The van der Waals surface area contributed by atoms with Crippen molar-refractivity contribution in [2.45, 2.75) is 13.0 Å². The van der Waals surface area contributed by atoms with E-state index in [0.717, 1.165) is 13.0 Å². The van der Waals surface area contributed by atoms with Crippen LogP contribution in [0.25, 0.3) is 22.6 Å². The summed E-state index contributed by atoms with van der Waals surface area (Å²) >= 11 is 0. The maximum atomic E-state index is 5.85. The predicted octanol–water partition coefficient (Wildman–Crippen LogP) is 2.31. The van der Waals surface area contributed by atoms with E-state index in [1.165, 1.54) is 5.56 Å². The fraction of sp³-hybridized carbons (Fsp3) is 0.125. The fourth-order valence-corrected chi connectivity index (χ4v) is 2.51. The SMILES string of the molecule is Nc1nc(-c2ccco2)c2ncn(CCc3ccncc3)c2n1. The number of aryl methyl sites for hydroxylation is 2. The Morgan fingerprint density at radius 1 is 1.13 bits per heavy atom. The first kappa shape index (κ1) is 13.4. The van der Waals surface area contributed by atoms with Crippen molar-refractivity contribution in [3.05, 3.63) is 54.8 Å². The van der Waals surface area contributed by atoms with E-state index in [-0.39, 0.29) is 5.95 Å². The normalized spacial score (nSPS) is 11.1. The average molecular weight is 306 g/mol. The first-order chi connectivity index (χ1) is 11.3. The van der Waals surface area contributed by atoms with Crippen LogP contribution in [0, 0.1) is 0 Å². The highest BCUT2D eigenvalue weighted by molar-refractivity contribution is 5.86. The van der Waals surface area contributed by atoms with Crippen molar-refractivity contribution in [2.24, 2.45) is 0 Å². The lowest BCUT2D eigenvalue weighted by Gasteiger charge is -2.05. The molecule has 0 atom stereocenters. The molecule has 0 amide bonds. The summed E-state index contributed by atoms with van der Waals surface area (Å²) in [5.74, 6) is 0.832. The second-order valence-electron chi connectivity index (χ2n) is 5.12. The number of anilines is 1. The highest BCUT2D eigenvalue weighted by Gasteiger charge is 2.15. The Morgan fingerprint density at radius 3 is 2.78 bits per heavy atom. The van der Waals surface area contributed by atoms with Crippen LogP contribution in [0.1, 0.15) is 5.56 Å². The molecule has 0 fully saturated rings. The molecule has 0 aromatic carbocycles. The number of rotatable bonds is 4. The van der Waals surface area contributed by atoms with Gasteiger partial charge in [-0.1, -0.05) is 0 Å². The Labute approximate surface area is 131 Å². The topological polar surface area (TPSA) is 95.7 Å². The minimum Gasteiger partial charge on any atom is -0.463 e. The summed E-state index contributed by atoms with van der Waals surface area (Å²) in [6.07, 6.45) is 7.79. The van der Waals surface area contributed by atoms with Crippen LogP contribution >= 0.6 is 0 Å². The van der Waals surface area contributed by atoms with Gasteiger partial charge in [-0.05, 0) is 36.2 Å². The summed E-state index contributed by atoms with van der Waals surface area (Å²) in [5.41, 5.74) is 9.06. The quantitative estimate of drug-likeness (QED) is 0.621. The number of furan rings is 1. The third-order valence-electron chi connectivity index (χ3n) is 3.63. The number of nitrogens with zero attached hydrogens (tertiary/aromatic N) is 5. The lowest BCUT2D eigenvalue weighted by Crippen LogP contribution is -2.04. The van der Waals surface area contributed by atoms with E-state index in [4.69, 9.17) is 10.2 Å². The van der Waals surface area contributed by atoms with Crippen molar-refractivity contribution in [1.82, 2.24) is 24.5 Å². The first-order valence-corrected chi connectivity index (χ1v) is 7.22. The molecule has 23 heavy (non-hydrogen) atoms. The summed E-state index contributed by atoms with van der Waals surface area (Å²) in [4.78, 5) is 17.1. The Morgan fingerprint density at radius 2 is 2.00 bits per heavy atom. The minimum absolute atomic E-state index is 0.203. The minimum atomic E-state index is 0.203. The molecule has 0 aliphatic heterocycles. The average Bonchev–Trinajstić information content (AvgIpc) is 3.23. The lowest BCUT2D eigenvalue weighted by atomic mass is 10.2. The van der Waals surface area contributed by atoms with Gasteiger partial charge < -0.3 is 14.7 Å². The van der Waals surface area contributed by atoms with Crippen LogP contribution < -0.4 is 5.73 Å². The molecular formula is C16H14N6O. The molecule has 0 saturated carbocycles. The summed E-state index contributed by atoms with van der Waals surface area (Å²) in [7, 11) is 0. The Kier molecular flexibility index (Phi) is 3.23. The Balaban J connectivity index is 1.72. The van der Waals surface area contributed by atoms with E-state index in [0.29, 0.717) is 22.6 Å². The van der Waals surface area contributed by atoms with E-state index < -0.39 is 0 Å². The second kappa shape index (κ2) is 5.53. The molecule has 4 rings (SSSR count). The molecule has 7 nitrogen and oxygen atoms in total. The number of hydrogen-bond acceptors (Lipinski definition) is 6. The van der Waals surface area contributed by atoms with Gasteiger partial charge in [0.15, 0.2) is 11.4 Å². The fourth-order valence-electron chi connectivity index (χ4n) is 2.51. The molecule has 0 saturated heterocycles. The molecule has 4 aromatic heterocycles. The van der Waals surface area contributed by atoms with Gasteiger partial charge in [0.1, 0.15) is 11.2 Å². The Hall–Kier alpha value is -3.22. The first-order valence-electron chi connectivity index (χ1n) is 7.22. The van der Waals surface area contributed by atoms with E-state index in [1.54, 1.807) is 31.1 Å². The number of fused-ring (bicyclic) bond motifs is 1. The Bertz CT molecular complexity index is 930. The van der Waals surface area contributed by atoms with E-state index in [1.807, 2.05) is 22.8 Å². The standard InChI is InChI=1S/C16H14N6O/c17-16-20-13(12-2-1-9-23-12)14-15(21-16)22(10-19-14)8-5-11-3-6-18-7-4-11/h1-4,6-7,9-10H,5,8H2,(H2,17,20,21). The van der Waals surface area contributed by atoms with Crippen LogP contribution in [0.2, 0.25) is 0 Å². The molecule has 7 heteroatoms. The molecule has 0 unspecified atom stereocenters. The maximum Gasteiger partial charge on any atom is 0.222 e. The van der Waals surface area contributed by atoms with Crippen molar-refractivity contribution in [1.29, 1.82) is 0 Å². The molecular weight excluding hydrogens is 292 g/mol. The van der Waals surface area contributed by atoms with Gasteiger partial charge in [0.25, 0.3) is 0 Å². The summed E-state index contributed by atoms with van der Waals surface area (Å²) in [6.45, 7) is 0.745. The molecule has 4 heterocycles. The van der Waals surface area contributed by atoms with Gasteiger partial charge in [-0.3, -0.25) is 4.98 Å². The molecule has 2 N–H and O–H groups in total. The summed E-state index contributed by atoms with van der Waals surface area (Å²) < 4.78 is 7.39. The van der Waals surface area contributed by atoms with Crippen molar-refractivity contribution >= 4 is 17.1 Å². The third kappa shape index (κ3) is 2.52. The van der Waals surface area contributed by atoms with Gasteiger partial charge in [0.2, 0.25) is 5.95 Å². The number of hydrogen-bond donors (Lipinski definition) is 1. The zero-order valence-electron chi connectivity index (χ0n) is 12.3. The molecule has 0 aliphatic carbocycles. The van der Waals surface area contributed by atoms with Crippen LogP contribution in [0.5, 0.6) is 0 Å². The molecule has 0 bridgehead atoms. The zero-order chi connectivity index (χ0) is 15.6. The van der Waals surface area contributed by atoms with Crippen LogP contribution in [0.3, 0.4) is 0 Å². The van der Waals surface area contributed by atoms with Gasteiger partial charge in [-0.2, -0.15) is 4.98 Å². The van der Waals surface area contributed by atoms with E-state index in [9.17, 15) is 0 Å². The molecule has 4 aromatic rings. The van der Waals surface area contributed by atoms with Gasteiger partial charge >= 0.3 is 0 Å². The predicted molar refractivity (Wildman–Crippen MR) is 85.4 cm³/mol. The van der Waals surface area contributed by atoms with Crippen molar-refractivity contribution in [2.75, 3.05) is 5.73 Å². The van der Waals surface area contributed by atoms with Crippen LogP contribution in [0.4, 0.5) is 5.95 Å². The summed E-state index contributed by atoms with van der Waals surface area (Å²) in [6, 6.07) is 7.63.